The molecule has 0 radical (unpaired) electrons. The lowest BCUT2D eigenvalue weighted by molar-refractivity contribution is -0.274. The summed E-state index contributed by atoms with van der Waals surface area (Å²) in [6.45, 7) is 5.53. The molecular weight excluding hydrogens is 685 g/mol. The van der Waals surface area contributed by atoms with Crippen LogP contribution in [0, 0.1) is 0 Å². The molecule has 0 spiro atoms. The van der Waals surface area contributed by atoms with E-state index in [0.717, 1.165) is 16.6 Å². The Morgan fingerprint density at radius 2 is 1.62 bits per heavy atom. The average molecular weight is 722 g/mol. The van der Waals surface area contributed by atoms with E-state index in [9.17, 15) is 22.8 Å². The fourth-order valence-electron chi connectivity index (χ4n) is 4.84. The number of alkyl halides is 3. The second-order valence-corrected chi connectivity index (χ2v) is 12.7. The summed E-state index contributed by atoms with van der Waals surface area (Å²) >= 11 is 3.43. The molecule has 47 heavy (non-hydrogen) atoms. The van der Waals surface area contributed by atoms with Crippen molar-refractivity contribution >= 4 is 33.7 Å². The van der Waals surface area contributed by atoms with Gasteiger partial charge in [-0.25, -0.2) is 4.99 Å². The fraction of sp³-hybridized carbons (Fsp3) is 0.382. The molecule has 1 heterocycles. The van der Waals surface area contributed by atoms with Gasteiger partial charge in [-0.05, 0) is 86.8 Å². The van der Waals surface area contributed by atoms with E-state index >= 15 is 0 Å². The van der Waals surface area contributed by atoms with Gasteiger partial charge in [0.15, 0.2) is 11.6 Å². The Morgan fingerprint density at radius 3 is 2.21 bits per heavy atom. The van der Waals surface area contributed by atoms with Gasteiger partial charge in [-0.3, -0.25) is 9.59 Å². The lowest BCUT2D eigenvalue weighted by Crippen LogP contribution is -2.48. The molecule has 0 unspecified atom stereocenters. The van der Waals surface area contributed by atoms with Crippen LogP contribution in [0.5, 0.6) is 11.5 Å². The predicted octanol–water partition coefficient (Wildman–Crippen LogP) is 6.80. The molecule has 0 saturated carbocycles. The SMILES string of the molecule is CC(C)(C)OC(=O)CC[C@@]1(C(=O)NCc2ccc(OC(F)(F)F)cc2)N=C(c2ccc(OCCCO)cc2)O[C@@H]1c1ccc(Br)cc1. The third kappa shape index (κ3) is 10.2. The van der Waals surface area contributed by atoms with E-state index in [0.29, 0.717) is 35.5 Å². The van der Waals surface area contributed by atoms with Crippen LogP contribution >= 0.6 is 15.9 Å². The van der Waals surface area contributed by atoms with Gasteiger partial charge in [0.05, 0.1) is 6.61 Å². The van der Waals surface area contributed by atoms with Gasteiger partial charge in [0, 0.05) is 36.0 Å². The van der Waals surface area contributed by atoms with Crippen LogP contribution in [0.15, 0.2) is 82.3 Å². The smallest absolute Gasteiger partial charge is 0.494 e. The first-order valence-electron chi connectivity index (χ1n) is 14.9. The molecule has 2 N–H and O–H groups in total. The second kappa shape index (κ2) is 15.2. The number of nitrogens with one attached hydrogen (secondary N) is 1. The molecule has 1 aliphatic rings. The second-order valence-electron chi connectivity index (χ2n) is 11.8. The zero-order valence-electron chi connectivity index (χ0n) is 26.1. The van der Waals surface area contributed by atoms with E-state index in [1.54, 1.807) is 69.3 Å². The van der Waals surface area contributed by atoms with Gasteiger partial charge in [0.2, 0.25) is 5.90 Å². The van der Waals surface area contributed by atoms with E-state index in [2.05, 4.69) is 26.0 Å². The first-order valence-corrected chi connectivity index (χ1v) is 15.7. The first-order chi connectivity index (χ1) is 22.2. The van der Waals surface area contributed by atoms with Crippen molar-refractivity contribution in [1.29, 1.82) is 0 Å². The minimum absolute atomic E-state index is 0.00536. The summed E-state index contributed by atoms with van der Waals surface area (Å²) in [6.07, 6.45) is -5.52. The number of aliphatic hydroxyl groups excluding tert-OH is 1. The zero-order chi connectivity index (χ0) is 34.2. The molecule has 252 valence electrons. The van der Waals surface area contributed by atoms with Crippen molar-refractivity contribution in [3.63, 3.8) is 0 Å². The lowest BCUT2D eigenvalue weighted by atomic mass is 9.83. The topological polar surface area (TPSA) is 116 Å². The van der Waals surface area contributed by atoms with Gasteiger partial charge in [0.25, 0.3) is 5.91 Å². The third-order valence-corrected chi connectivity index (χ3v) is 7.47. The van der Waals surface area contributed by atoms with Crippen LogP contribution in [0.2, 0.25) is 0 Å². The molecule has 1 aliphatic heterocycles. The van der Waals surface area contributed by atoms with Crippen molar-refractivity contribution in [2.24, 2.45) is 4.99 Å². The van der Waals surface area contributed by atoms with Gasteiger partial charge >= 0.3 is 12.3 Å². The maximum absolute atomic E-state index is 14.2. The van der Waals surface area contributed by atoms with Crippen molar-refractivity contribution < 1.29 is 46.8 Å². The Morgan fingerprint density at radius 1 is 0.979 bits per heavy atom. The minimum Gasteiger partial charge on any atom is -0.494 e. The Bertz CT molecular complexity index is 1540. The molecule has 2 atom stereocenters. The summed E-state index contributed by atoms with van der Waals surface area (Å²) < 4.78 is 60.2. The summed E-state index contributed by atoms with van der Waals surface area (Å²) in [6, 6.07) is 19.2. The Labute approximate surface area is 279 Å². The summed E-state index contributed by atoms with van der Waals surface area (Å²) in [7, 11) is 0. The molecule has 0 fully saturated rings. The van der Waals surface area contributed by atoms with Crippen LogP contribution in [-0.4, -0.2) is 53.6 Å². The van der Waals surface area contributed by atoms with E-state index in [-0.39, 0.29) is 37.6 Å². The van der Waals surface area contributed by atoms with Crippen molar-refractivity contribution in [2.75, 3.05) is 13.2 Å². The average Bonchev–Trinajstić information content (AvgIpc) is 3.40. The van der Waals surface area contributed by atoms with Crippen LogP contribution in [0.25, 0.3) is 0 Å². The van der Waals surface area contributed by atoms with Crippen LogP contribution in [0.4, 0.5) is 13.2 Å². The summed E-state index contributed by atoms with van der Waals surface area (Å²) in [5.41, 5.74) is -0.676. The molecule has 0 aromatic heterocycles. The molecule has 13 heteroatoms. The van der Waals surface area contributed by atoms with E-state index in [1.807, 2.05) is 0 Å². The number of halogens is 4. The van der Waals surface area contributed by atoms with Gasteiger partial charge < -0.3 is 29.4 Å². The molecule has 0 aliphatic carbocycles. The monoisotopic (exact) mass is 720 g/mol. The van der Waals surface area contributed by atoms with Crippen LogP contribution in [-0.2, 0) is 25.6 Å². The number of esters is 1. The number of hydrogen-bond acceptors (Lipinski definition) is 8. The summed E-state index contributed by atoms with van der Waals surface area (Å²) in [5, 5.41) is 11.9. The van der Waals surface area contributed by atoms with E-state index in [1.165, 1.54) is 12.1 Å². The van der Waals surface area contributed by atoms with Gasteiger partial charge in [-0.2, -0.15) is 0 Å². The van der Waals surface area contributed by atoms with Gasteiger partial charge in [0.1, 0.15) is 17.1 Å². The Balaban J connectivity index is 1.68. The molecule has 3 aromatic rings. The number of amides is 1. The lowest BCUT2D eigenvalue weighted by Gasteiger charge is -2.31. The predicted molar refractivity (Wildman–Crippen MR) is 171 cm³/mol. The van der Waals surface area contributed by atoms with Gasteiger partial charge in [-0.1, -0.05) is 40.2 Å². The molecule has 0 bridgehead atoms. The Hall–Kier alpha value is -4.10. The number of ether oxygens (including phenoxy) is 4. The number of carbonyl (C=O) groups is 2. The molecule has 9 nitrogen and oxygen atoms in total. The standard InChI is InChI=1S/C34H36BrF3N2O7/c1-32(2,3)47-28(42)17-18-33(31(43)39-21-22-5-13-27(14-6-22)46-34(36,37)38)29(23-7-11-25(35)12-8-23)45-30(40-33)24-9-15-26(16-10-24)44-20-4-19-41/h5-16,29,41H,4,17-21H2,1-3H3,(H,39,43)/t29-,33-/m1/s1. The largest absolute Gasteiger partial charge is 0.573 e. The van der Waals surface area contributed by atoms with Gasteiger partial charge in [-0.15, -0.1) is 13.2 Å². The molecule has 3 aromatic carbocycles. The minimum atomic E-state index is -4.83. The quantitative estimate of drug-likeness (QED) is 0.147. The fourth-order valence-corrected chi connectivity index (χ4v) is 5.10. The maximum Gasteiger partial charge on any atom is 0.573 e. The van der Waals surface area contributed by atoms with Crippen molar-refractivity contribution in [3.8, 4) is 11.5 Å². The number of hydrogen-bond donors (Lipinski definition) is 2. The Kier molecular flexibility index (Phi) is 11.6. The summed E-state index contributed by atoms with van der Waals surface area (Å²) in [5.74, 6) is -0.713. The number of benzene rings is 3. The number of aliphatic imine (C=N–C) groups is 1. The van der Waals surface area contributed by atoms with Crippen molar-refractivity contribution in [2.45, 2.75) is 70.2 Å². The molecule has 0 saturated heterocycles. The highest BCUT2D eigenvalue weighted by Gasteiger charge is 2.53. The zero-order valence-corrected chi connectivity index (χ0v) is 27.7. The highest BCUT2D eigenvalue weighted by atomic mass is 79.9. The molecular formula is C34H36BrF3N2O7. The van der Waals surface area contributed by atoms with Crippen LogP contribution in [0.1, 0.15) is 62.8 Å². The normalized spacial score (nSPS) is 17.8. The molecule has 1 amide bonds. The maximum atomic E-state index is 14.2. The highest BCUT2D eigenvalue weighted by molar-refractivity contribution is 9.10. The number of rotatable bonds is 13. The number of carbonyl (C=O) groups excluding carboxylic acids is 2. The third-order valence-electron chi connectivity index (χ3n) is 6.94. The highest BCUT2D eigenvalue weighted by Crippen LogP contribution is 2.44. The van der Waals surface area contributed by atoms with Crippen LogP contribution < -0.4 is 14.8 Å². The van der Waals surface area contributed by atoms with Crippen molar-refractivity contribution in [3.05, 3.63) is 94.0 Å². The van der Waals surface area contributed by atoms with E-state index in [4.69, 9.17) is 24.3 Å². The van der Waals surface area contributed by atoms with E-state index < -0.39 is 35.5 Å². The number of aliphatic hydroxyl groups is 1. The van der Waals surface area contributed by atoms with Crippen LogP contribution in [0.3, 0.4) is 0 Å². The van der Waals surface area contributed by atoms with Crippen molar-refractivity contribution in [1.82, 2.24) is 5.32 Å². The number of nitrogens with zero attached hydrogens (tertiary/aromatic N) is 1. The summed E-state index contributed by atoms with van der Waals surface area (Å²) in [4.78, 5) is 32.0. The first kappa shape index (κ1) is 35.7. The molecule has 4 rings (SSSR count).